The van der Waals surface area contributed by atoms with Crippen LogP contribution in [0.25, 0.3) is 10.8 Å². The molecule has 3 aromatic rings. The van der Waals surface area contributed by atoms with Gasteiger partial charge in [-0.3, -0.25) is 4.90 Å². The average Bonchev–Trinajstić information content (AvgIpc) is 3.63. The lowest BCUT2D eigenvalue weighted by Crippen LogP contribution is -2.43. The number of nitrogens with zero attached hydrogens (tertiary/aromatic N) is 5. The van der Waals surface area contributed by atoms with Gasteiger partial charge in [0.05, 0.1) is 23.9 Å². The maximum atomic E-state index is 15.0. The molecule has 2 N–H and O–H groups in total. The number of ether oxygens (including phenoxy) is 1. The van der Waals surface area contributed by atoms with Crippen molar-refractivity contribution in [2.45, 2.75) is 82.5 Å². The summed E-state index contributed by atoms with van der Waals surface area (Å²) in [4.78, 5) is 17.3. The number of phenols is 1. The third kappa shape index (κ3) is 4.62. The van der Waals surface area contributed by atoms with Crippen LogP contribution in [0.2, 0.25) is 0 Å². The highest BCUT2D eigenvalue weighted by Gasteiger charge is 2.47. The van der Waals surface area contributed by atoms with Gasteiger partial charge in [0.1, 0.15) is 24.0 Å². The van der Waals surface area contributed by atoms with Crippen molar-refractivity contribution in [3.8, 4) is 11.8 Å². The first-order valence-corrected chi connectivity index (χ1v) is 16.4. The van der Waals surface area contributed by atoms with Gasteiger partial charge in [0.15, 0.2) is 0 Å². The van der Waals surface area contributed by atoms with Crippen molar-refractivity contribution >= 4 is 22.3 Å². The summed E-state index contributed by atoms with van der Waals surface area (Å²) >= 11 is 0. The van der Waals surface area contributed by atoms with Crippen LogP contribution in [0.4, 0.5) is 15.9 Å². The van der Waals surface area contributed by atoms with Crippen LogP contribution in [0.3, 0.4) is 0 Å². The molecule has 8 nitrogen and oxygen atoms in total. The normalized spacial score (nSPS) is 28.2. The fourth-order valence-electron chi connectivity index (χ4n) is 9.08. The first-order valence-electron chi connectivity index (χ1n) is 16.4. The van der Waals surface area contributed by atoms with E-state index in [0.717, 1.165) is 91.7 Å². The van der Waals surface area contributed by atoms with Crippen molar-refractivity contribution in [2.24, 2.45) is 5.92 Å². The number of fused-ring (bicyclic) bond motifs is 5. The van der Waals surface area contributed by atoms with Gasteiger partial charge in [-0.05, 0) is 86.9 Å². The quantitative estimate of drug-likeness (QED) is 0.378. The van der Waals surface area contributed by atoms with Crippen molar-refractivity contribution in [3.05, 3.63) is 59.1 Å². The van der Waals surface area contributed by atoms with E-state index in [2.05, 4.69) is 21.3 Å². The van der Waals surface area contributed by atoms with Crippen molar-refractivity contribution in [2.75, 3.05) is 42.6 Å². The van der Waals surface area contributed by atoms with Crippen LogP contribution in [0.1, 0.15) is 62.3 Å². The molecule has 4 atom stereocenters. The molecular weight excluding hydrogens is 557 g/mol. The van der Waals surface area contributed by atoms with Crippen molar-refractivity contribution in [3.63, 3.8) is 0 Å². The Labute approximate surface area is 258 Å². The average molecular weight is 600 g/mol. The molecule has 2 aromatic carbocycles. The van der Waals surface area contributed by atoms with Gasteiger partial charge in [0, 0.05) is 48.4 Å². The molecule has 232 valence electrons. The van der Waals surface area contributed by atoms with E-state index in [9.17, 15) is 14.6 Å². The SMILES string of the molecule is C=C1CN2CCCC2(COc2nc3c(c(N4CC5CC(O)CC4C5)n2)CCN(c2cc(O)cc4ccc(F)c(CC)c24)C3)C1. The number of benzene rings is 2. The minimum absolute atomic E-state index is 0.0298. The van der Waals surface area contributed by atoms with Crippen molar-refractivity contribution in [1.29, 1.82) is 0 Å². The molecule has 0 amide bonds. The number of halogens is 1. The maximum Gasteiger partial charge on any atom is 0.318 e. The van der Waals surface area contributed by atoms with Crippen LogP contribution in [0.5, 0.6) is 11.8 Å². The minimum atomic E-state index is -0.261. The van der Waals surface area contributed by atoms with Gasteiger partial charge in [-0.15, -0.1) is 0 Å². The summed E-state index contributed by atoms with van der Waals surface area (Å²) in [6.07, 6.45) is 6.93. The summed E-state index contributed by atoms with van der Waals surface area (Å²) in [5.41, 5.74) is 4.78. The highest BCUT2D eigenvalue weighted by molar-refractivity contribution is 5.98. The Kier molecular flexibility index (Phi) is 6.75. The number of rotatable bonds is 6. The number of hydrogen-bond donors (Lipinski definition) is 2. The number of phenolic OH excluding ortho intramolecular Hbond substituents is 1. The van der Waals surface area contributed by atoms with E-state index in [4.69, 9.17) is 14.7 Å². The first kappa shape index (κ1) is 28.1. The van der Waals surface area contributed by atoms with E-state index in [1.165, 1.54) is 18.1 Å². The number of hydrogen-bond acceptors (Lipinski definition) is 8. The van der Waals surface area contributed by atoms with Gasteiger partial charge in [0.2, 0.25) is 0 Å². The zero-order chi connectivity index (χ0) is 30.2. The first-order chi connectivity index (χ1) is 21.3. The molecule has 44 heavy (non-hydrogen) atoms. The summed E-state index contributed by atoms with van der Waals surface area (Å²) in [6.45, 7) is 10.9. The molecule has 8 rings (SSSR count). The van der Waals surface area contributed by atoms with Crippen LogP contribution in [0.15, 0.2) is 36.4 Å². The summed E-state index contributed by atoms with van der Waals surface area (Å²) in [6, 6.07) is 7.39. The van der Waals surface area contributed by atoms with E-state index in [1.807, 2.05) is 6.92 Å². The predicted molar refractivity (Wildman–Crippen MR) is 169 cm³/mol. The van der Waals surface area contributed by atoms with Crippen molar-refractivity contribution in [1.82, 2.24) is 14.9 Å². The van der Waals surface area contributed by atoms with E-state index in [-0.39, 0.29) is 29.3 Å². The molecule has 4 fully saturated rings. The molecule has 2 bridgehead atoms. The fourth-order valence-corrected chi connectivity index (χ4v) is 9.08. The highest BCUT2D eigenvalue weighted by atomic mass is 19.1. The Morgan fingerprint density at radius 2 is 2.02 bits per heavy atom. The van der Waals surface area contributed by atoms with E-state index in [1.54, 1.807) is 18.2 Å². The molecular formula is C35H42FN5O3. The molecule has 0 radical (unpaired) electrons. The zero-order valence-electron chi connectivity index (χ0n) is 25.6. The van der Waals surface area contributed by atoms with Gasteiger partial charge in [-0.25, -0.2) is 4.39 Å². The molecule has 1 saturated carbocycles. The van der Waals surface area contributed by atoms with Crippen LogP contribution >= 0.6 is 0 Å². The summed E-state index contributed by atoms with van der Waals surface area (Å²) < 4.78 is 21.5. The van der Waals surface area contributed by atoms with Crippen LogP contribution in [-0.4, -0.2) is 75.6 Å². The number of aryl methyl sites for hydroxylation is 1. The molecule has 1 aliphatic carbocycles. The summed E-state index contributed by atoms with van der Waals surface area (Å²) in [5, 5.41) is 22.9. The molecule has 4 aliphatic heterocycles. The molecule has 0 spiro atoms. The molecule has 1 aromatic heterocycles. The second-order valence-electron chi connectivity index (χ2n) is 13.9. The third-order valence-corrected chi connectivity index (χ3v) is 11.0. The molecule has 5 aliphatic rings. The maximum absolute atomic E-state index is 15.0. The monoisotopic (exact) mass is 599 g/mol. The third-order valence-electron chi connectivity index (χ3n) is 11.0. The predicted octanol–water partition coefficient (Wildman–Crippen LogP) is 5.12. The Morgan fingerprint density at radius 1 is 1.14 bits per heavy atom. The van der Waals surface area contributed by atoms with Crippen LogP contribution < -0.4 is 14.5 Å². The number of aliphatic hydroxyl groups excluding tert-OH is 1. The zero-order valence-corrected chi connectivity index (χ0v) is 25.6. The number of aromatic hydroxyl groups is 1. The Bertz CT molecular complexity index is 1650. The smallest absolute Gasteiger partial charge is 0.318 e. The topological polar surface area (TPSA) is 85.2 Å². The Hall–Kier alpha value is -3.43. The lowest BCUT2D eigenvalue weighted by molar-refractivity contribution is 0.107. The van der Waals surface area contributed by atoms with Gasteiger partial charge in [-0.2, -0.15) is 9.97 Å². The second kappa shape index (κ2) is 10.6. The van der Waals surface area contributed by atoms with Gasteiger partial charge in [0.25, 0.3) is 0 Å². The van der Waals surface area contributed by atoms with E-state index < -0.39 is 0 Å². The Morgan fingerprint density at radius 3 is 2.89 bits per heavy atom. The number of anilines is 2. The summed E-state index contributed by atoms with van der Waals surface area (Å²) in [7, 11) is 0. The van der Waals surface area contributed by atoms with E-state index in [0.29, 0.717) is 43.6 Å². The lowest BCUT2D eigenvalue weighted by atomic mass is 9.88. The molecule has 4 unspecified atom stereocenters. The molecule has 5 heterocycles. The van der Waals surface area contributed by atoms with Gasteiger partial charge >= 0.3 is 6.01 Å². The van der Waals surface area contributed by atoms with E-state index >= 15 is 0 Å². The molecule has 9 heteroatoms. The van der Waals surface area contributed by atoms with Gasteiger partial charge < -0.3 is 24.7 Å². The van der Waals surface area contributed by atoms with Crippen molar-refractivity contribution < 1.29 is 19.3 Å². The standard InChI is InChI=1S/C35H42FN5O3/c1-3-27-29(36)6-5-23-13-26(43)15-31(32(23)27)39-10-7-28-30(19-39)37-34(44-20-35-8-4-9-40(35)17-21(2)16-35)38-33(28)41-18-22-11-24(41)14-25(42)12-22/h5-6,13,15,22,24-25,42-43H,2-4,7-12,14,16-20H2,1H3. The minimum Gasteiger partial charge on any atom is -0.508 e. The molecule has 3 saturated heterocycles. The number of aliphatic hydroxyl groups is 1. The van der Waals surface area contributed by atoms with Crippen LogP contribution in [-0.2, 0) is 19.4 Å². The highest BCUT2D eigenvalue weighted by Crippen LogP contribution is 2.44. The fraction of sp³-hybridized carbons (Fsp3) is 0.543. The van der Waals surface area contributed by atoms with Crippen LogP contribution in [0, 0.1) is 11.7 Å². The summed E-state index contributed by atoms with van der Waals surface area (Å²) in [5.74, 6) is 1.36. The second-order valence-corrected chi connectivity index (χ2v) is 13.9. The Balaban J connectivity index is 1.18. The largest absolute Gasteiger partial charge is 0.508 e. The number of aromatic nitrogens is 2. The lowest BCUT2D eigenvalue weighted by Gasteiger charge is -2.35. The van der Waals surface area contributed by atoms with Gasteiger partial charge in [-0.1, -0.05) is 25.1 Å².